The predicted molar refractivity (Wildman–Crippen MR) is 165 cm³/mol. The van der Waals surface area contributed by atoms with Crippen LogP contribution in [0.25, 0.3) is 11.1 Å². The summed E-state index contributed by atoms with van der Waals surface area (Å²) in [5.74, 6) is -0.296. The zero-order chi connectivity index (χ0) is 31.2. The predicted octanol–water partition coefficient (Wildman–Crippen LogP) is 6.86. The van der Waals surface area contributed by atoms with Gasteiger partial charge in [-0.2, -0.15) is 13.2 Å². The van der Waals surface area contributed by atoms with Crippen LogP contribution in [0, 0.1) is 6.92 Å². The van der Waals surface area contributed by atoms with E-state index in [-0.39, 0.29) is 30.0 Å². The summed E-state index contributed by atoms with van der Waals surface area (Å²) >= 11 is 0. The van der Waals surface area contributed by atoms with Crippen LogP contribution in [0.3, 0.4) is 0 Å². The molecule has 2 amide bonds. The van der Waals surface area contributed by atoms with Gasteiger partial charge in [0.2, 0.25) is 0 Å². The summed E-state index contributed by atoms with van der Waals surface area (Å²) in [5, 5.41) is 0. The standard InChI is InChI=1S/C35H35F3N4O2/c1-23-20-24(12-14-28(23)29-9-5-6-10-30(29)35(36,37)38)33(43)42-22-27-13-15-32(41(27)21-25-8-4-7-11-31(25)42)34(44)40(3)26-16-18-39(2)19-17-26/h4-15,20,26H,16-19,21-22H2,1-3H3. The minimum Gasteiger partial charge on any atom is -0.337 e. The molecule has 1 aromatic heterocycles. The Morgan fingerprint density at radius 2 is 1.57 bits per heavy atom. The number of carbonyl (C=O) groups is 2. The molecule has 0 atom stereocenters. The molecular formula is C35H35F3N4O2. The molecule has 6 rings (SSSR count). The third-order valence-electron chi connectivity index (χ3n) is 9.02. The highest BCUT2D eigenvalue weighted by Gasteiger charge is 2.34. The molecule has 9 heteroatoms. The van der Waals surface area contributed by atoms with Crippen molar-refractivity contribution in [1.82, 2.24) is 14.4 Å². The maximum absolute atomic E-state index is 14.1. The Labute approximate surface area is 255 Å². The number of alkyl halides is 3. The van der Waals surface area contributed by atoms with Crippen LogP contribution in [-0.2, 0) is 19.3 Å². The van der Waals surface area contributed by atoms with Crippen molar-refractivity contribution in [2.75, 3.05) is 32.1 Å². The smallest absolute Gasteiger partial charge is 0.337 e. The van der Waals surface area contributed by atoms with Crippen LogP contribution >= 0.6 is 0 Å². The molecule has 2 aliphatic heterocycles. The highest BCUT2D eigenvalue weighted by atomic mass is 19.4. The number of aromatic nitrogens is 1. The van der Waals surface area contributed by atoms with E-state index in [2.05, 4.69) is 11.9 Å². The Kier molecular flexibility index (Phi) is 7.84. The van der Waals surface area contributed by atoms with Crippen molar-refractivity contribution in [2.45, 2.75) is 45.1 Å². The molecule has 2 aliphatic rings. The molecule has 1 saturated heterocycles. The molecule has 1 fully saturated rings. The fraction of sp³-hybridized carbons (Fsp3) is 0.314. The molecule has 44 heavy (non-hydrogen) atoms. The lowest BCUT2D eigenvalue weighted by Gasteiger charge is -2.35. The van der Waals surface area contributed by atoms with Crippen LogP contribution < -0.4 is 4.90 Å². The molecule has 0 N–H and O–H groups in total. The summed E-state index contributed by atoms with van der Waals surface area (Å²) < 4.78 is 43.2. The number of piperidine rings is 1. The number of nitrogens with zero attached hydrogens (tertiary/aromatic N) is 4. The Hall–Kier alpha value is -4.37. The molecule has 0 spiro atoms. The highest BCUT2D eigenvalue weighted by molar-refractivity contribution is 6.07. The van der Waals surface area contributed by atoms with Gasteiger partial charge in [0.05, 0.1) is 18.7 Å². The fourth-order valence-electron chi connectivity index (χ4n) is 6.48. The van der Waals surface area contributed by atoms with Gasteiger partial charge in [0.15, 0.2) is 0 Å². The summed E-state index contributed by atoms with van der Waals surface area (Å²) in [6, 6.07) is 21.9. The maximum atomic E-state index is 14.1. The number of rotatable bonds is 4. The number of para-hydroxylation sites is 1. The summed E-state index contributed by atoms with van der Waals surface area (Å²) in [7, 11) is 3.97. The van der Waals surface area contributed by atoms with Crippen molar-refractivity contribution in [2.24, 2.45) is 0 Å². The van der Waals surface area contributed by atoms with Crippen molar-refractivity contribution in [3.63, 3.8) is 0 Å². The highest BCUT2D eigenvalue weighted by Crippen LogP contribution is 2.38. The number of benzene rings is 3. The first-order valence-electron chi connectivity index (χ1n) is 14.8. The van der Waals surface area contributed by atoms with E-state index < -0.39 is 11.7 Å². The molecule has 4 aromatic rings. The number of aryl methyl sites for hydroxylation is 1. The van der Waals surface area contributed by atoms with Crippen molar-refractivity contribution < 1.29 is 22.8 Å². The lowest BCUT2D eigenvalue weighted by molar-refractivity contribution is -0.137. The van der Waals surface area contributed by atoms with Gasteiger partial charge < -0.3 is 19.3 Å². The zero-order valence-corrected chi connectivity index (χ0v) is 25.1. The molecule has 0 aliphatic carbocycles. The second kappa shape index (κ2) is 11.6. The van der Waals surface area contributed by atoms with Crippen LogP contribution in [0.5, 0.6) is 0 Å². The van der Waals surface area contributed by atoms with Crippen molar-refractivity contribution >= 4 is 17.5 Å². The summed E-state index contributed by atoms with van der Waals surface area (Å²) in [6.07, 6.45) is -2.64. The van der Waals surface area contributed by atoms with E-state index in [0.29, 0.717) is 28.9 Å². The number of halogens is 3. The molecule has 3 aromatic carbocycles. The minimum absolute atomic E-state index is 0.0339. The fourth-order valence-corrected chi connectivity index (χ4v) is 6.48. The van der Waals surface area contributed by atoms with E-state index in [4.69, 9.17) is 0 Å². The Balaban J connectivity index is 1.32. The van der Waals surface area contributed by atoms with Gasteiger partial charge in [-0.25, -0.2) is 0 Å². The molecular weight excluding hydrogens is 565 g/mol. The lowest BCUT2D eigenvalue weighted by Crippen LogP contribution is -2.45. The number of amides is 2. The number of hydrogen-bond donors (Lipinski definition) is 0. The molecule has 0 bridgehead atoms. The van der Waals surface area contributed by atoms with Crippen LogP contribution in [0.4, 0.5) is 18.9 Å². The average molecular weight is 601 g/mol. The molecule has 228 valence electrons. The first-order valence-corrected chi connectivity index (χ1v) is 14.8. The number of carbonyl (C=O) groups excluding carboxylic acids is 2. The largest absolute Gasteiger partial charge is 0.417 e. The summed E-state index contributed by atoms with van der Waals surface area (Å²) in [4.78, 5) is 33.7. The van der Waals surface area contributed by atoms with Gasteiger partial charge in [-0.1, -0.05) is 42.5 Å². The van der Waals surface area contributed by atoms with Gasteiger partial charge in [0.1, 0.15) is 5.69 Å². The maximum Gasteiger partial charge on any atom is 0.417 e. The van der Waals surface area contributed by atoms with Gasteiger partial charge in [-0.05, 0) is 98.6 Å². The Bertz CT molecular complexity index is 1720. The second-order valence-electron chi connectivity index (χ2n) is 11.8. The minimum atomic E-state index is -4.50. The molecule has 0 unspecified atom stereocenters. The van der Waals surface area contributed by atoms with Gasteiger partial charge in [-0.15, -0.1) is 0 Å². The first kappa shape index (κ1) is 29.7. The van der Waals surface area contributed by atoms with Gasteiger partial charge in [0, 0.05) is 30.0 Å². The van der Waals surface area contributed by atoms with Crippen LogP contribution in [0.1, 0.15) is 56.1 Å². The van der Waals surface area contributed by atoms with Gasteiger partial charge >= 0.3 is 6.18 Å². The number of hydrogen-bond acceptors (Lipinski definition) is 3. The van der Waals surface area contributed by atoms with Crippen molar-refractivity contribution in [3.8, 4) is 11.1 Å². The van der Waals surface area contributed by atoms with E-state index in [0.717, 1.165) is 48.9 Å². The molecule has 6 nitrogen and oxygen atoms in total. The van der Waals surface area contributed by atoms with Crippen LogP contribution in [-0.4, -0.2) is 59.4 Å². The van der Waals surface area contributed by atoms with E-state index >= 15 is 0 Å². The SMILES string of the molecule is Cc1cc(C(=O)N2Cc3ccc(C(=O)N(C)C4CCN(C)CC4)n3Cc3ccccc32)ccc1-c1ccccc1C(F)(F)F. The number of anilines is 1. The quantitative estimate of drug-likeness (QED) is 0.257. The molecule has 0 saturated carbocycles. The van der Waals surface area contributed by atoms with E-state index in [9.17, 15) is 22.8 Å². The normalized spacial score (nSPS) is 15.8. The number of likely N-dealkylation sites (tertiary alicyclic amines) is 1. The lowest BCUT2D eigenvalue weighted by atomic mass is 9.94. The Morgan fingerprint density at radius 1 is 0.864 bits per heavy atom. The average Bonchev–Trinajstić information content (AvgIpc) is 3.32. The monoisotopic (exact) mass is 600 g/mol. The molecule has 3 heterocycles. The zero-order valence-electron chi connectivity index (χ0n) is 25.1. The van der Waals surface area contributed by atoms with Crippen molar-refractivity contribution in [3.05, 3.63) is 113 Å². The first-order chi connectivity index (χ1) is 21.0. The van der Waals surface area contributed by atoms with E-state index in [1.54, 1.807) is 36.1 Å². The molecule has 0 radical (unpaired) electrons. The van der Waals surface area contributed by atoms with E-state index in [1.807, 2.05) is 52.9 Å². The van der Waals surface area contributed by atoms with Gasteiger partial charge in [-0.3, -0.25) is 9.59 Å². The third-order valence-corrected chi connectivity index (χ3v) is 9.02. The summed E-state index contributed by atoms with van der Waals surface area (Å²) in [6.45, 7) is 4.32. The number of fused-ring (bicyclic) bond motifs is 2. The summed E-state index contributed by atoms with van der Waals surface area (Å²) in [5.41, 5.74) is 3.82. The topological polar surface area (TPSA) is 48.8 Å². The van der Waals surface area contributed by atoms with Crippen LogP contribution in [0.2, 0.25) is 0 Å². The third kappa shape index (κ3) is 5.52. The van der Waals surface area contributed by atoms with Crippen molar-refractivity contribution in [1.29, 1.82) is 0 Å². The second-order valence-corrected chi connectivity index (χ2v) is 11.8. The van der Waals surface area contributed by atoms with Gasteiger partial charge in [0.25, 0.3) is 11.8 Å². The Morgan fingerprint density at radius 3 is 2.30 bits per heavy atom. The van der Waals surface area contributed by atoms with E-state index in [1.165, 1.54) is 12.1 Å². The van der Waals surface area contributed by atoms with Crippen LogP contribution in [0.15, 0.2) is 78.9 Å².